The van der Waals surface area contributed by atoms with Crippen LogP contribution < -0.4 is 5.32 Å². The van der Waals surface area contributed by atoms with Crippen molar-refractivity contribution < 1.29 is 4.79 Å². The lowest BCUT2D eigenvalue weighted by molar-refractivity contribution is -0.128. The van der Waals surface area contributed by atoms with Crippen LogP contribution in [0.5, 0.6) is 0 Å². The molecule has 1 fully saturated rings. The van der Waals surface area contributed by atoms with Gasteiger partial charge in [-0.05, 0) is 46.6 Å². The van der Waals surface area contributed by atoms with E-state index in [1.54, 1.807) is 0 Å². The zero-order valence-electron chi connectivity index (χ0n) is 11.1. The summed E-state index contributed by atoms with van der Waals surface area (Å²) in [5.74, 6) is 0.0125. The fourth-order valence-corrected chi connectivity index (χ4v) is 2.87. The molecule has 92 valence electrons. The summed E-state index contributed by atoms with van der Waals surface area (Å²) in [5.41, 5.74) is 0.143. The molecule has 1 aliphatic rings. The first-order chi connectivity index (χ1) is 7.17. The summed E-state index contributed by atoms with van der Waals surface area (Å²) in [5, 5.41) is 3.61. The molecule has 1 amide bonds. The van der Waals surface area contributed by atoms with Crippen molar-refractivity contribution in [3.05, 3.63) is 12.7 Å². The van der Waals surface area contributed by atoms with Gasteiger partial charge >= 0.3 is 0 Å². The van der Waals surface area contributed by atoms with Crippen molar-refractivity contribution in [3.63, 3.8) is 0 Å². The summed E-state index contributed by atoms with van der Waals surface area (Å²) >= 11 is 0. The SMILES string of the molecule is C=CC(=O)N(C)C1CC(C)(C)NC(C)(C)C1. The van der Waals surface area contributed by atoms with E-state index in [1.807, 2.05) is 11.9 Å². The molecule has 0 aromatic rings. The monoisotopic (exact) mass is 224 g/mol. The maximum atomic E-state index is 11.6. The Morgan fingerprint density at radius 2 is 1.75 bits per heavy atom. The highest BCUT2D eigenvalue weighted by Gasteiger charge is 2.39. The van der Waals surface area contributed by atoms with Crippen LogP contribution in [0.3, 0.4) is 0 Å². The zero-order valence-corrected chi connectivity index (χ0v) is 11.1. The molecule has 0 bridgehead atoms. The van der Waals surface area contributed by atoms with Crippen molar-refractivity contribution in [2.75, 3.05) is 7.05 Å². The van der Waals surface area contributed by atoms with Crippen LogP contribution in [0.2, 0.25) is 0 Å². The van der Waals surface area contributed by atoms with Gasteiger partial charge in [0.2, 0.25) is 5.91 Å². The average molecular weight is 224 g/mol. The van der Waals surface area contributed by atoms with Crippen molar-refractivity contribution in [2.45, 2.75) is 57.7 Å². The molecule has 16 heavy (non-hydrogen) atoms. The number of amides is 1. The van der Waals surface area contributed by atoms with E-state index in [0.29, 0.717) is 0 Å². The van der Waals surface area contributed by atoms with Crippen LogP contribution in [0, 0.1) is 0 Å². The molecule has 0 unspecified atom stereocenters. The first-order valence-electron chi connectivity index (χ1n) is 5.85. The van der Waals surface area contributed by atoms with E-state index in [0.717, 1.165) is 12.8 Å². The fraction of sp³-hybridized carbons (Fsp3) is 0.769. The molecule has 1 aliphatic heterocycles. The number of nitrogens with zero attached hydrogens (tertiary/aromatic N) is 1. The van der Waals surface area contributed by atoms with Gasteiger partial charge in [-0.25, -0.2) is 0 Å². The third-order valence-corrected chi connectivity index (χ3v) is 3.24. The van der Waals surface area contributed by atoms with Crippen LogP contribution in [-0.2, 0) is 4.79 Å². The topological polar surface area (TPSA) is 32.3 Å². The van der Waals surface area contributed by atoms with Gasteiger partial charge in [-0.2, -0.15) is 0 Å². The smallest absolute Gasteiger partial charge is 0.245 e. The summed E-state index contributed by atoms with van der Waals surface area (Å²) in [7, 11) is 1.87. The van der Waals surface area contributed by atoms with Gasteiger partial charge in [0.15, 0.2) is 0 Å². The van der Waals surface area contributed by atoms with E-state index < -0.39 is 0 Å². The second kappa shape index (κ2) is 4.21. The Hall–Kier alpha value is -0.830. The molecule has 3 heteroatoms. The predicted molar refractivity (Wildman–Crippen MR) is 67.3 cm³/mol. The number of carbonyl (C=O) groups excluding carboxylic acids is 1. The van der Waals surface area contributed by atoms with Gasteiger partial charge in [0.25, 0.3) is 0 Å². The molecule has 3 nitrogen and oxygen atoms in total. The highest BCUT2D eigenvalue weighted by atomic mass is 16.2. The molecule has 1 heterocycles. The van der Waals surface area contributed by atoms with Crippen LogP contribution in [0.15, 0.2) is 12.7 Å². The molecular weight excluding hydrogens is 200 g/mol. The minimum Gasteiger partial charge on any atom is -0.339 e. The van der Waals surface area contributed by atoms with Crippen LogP contribution in [0.25, 0.3) is 0 Å². The van der Waals surface area contributed by atoms with Crippen molar-refractivity contribution in [1.82, 2.24) is 10.2 Å². The van der Waals surface area contributed by atoms with Gasteiger partial charge in [-0.3, -0.25) is 4.79 Å². The minimum absolute atomic E-state index is 0.0125. The van der Waals surface area contributed by atoms with Gasteiger partial charge in [-0.1, -0.05) is 6.58 Å². The Kier molecular flexibility index (Phi) is 3.48. The lowest BCUT2D eigenvalue weighted by Crippen LogP contribution is -2.62. The van der Waals surface area contributed by atoms with E-state index in [4.69, 9.17) is 0 Å². The lowest BCUT2D eigenvalue weighted by Gasteiger charge is -2.48. The number of likely N-dealkylation sites (N-methyl/N-ethyl adjacent to an activating group) is 1. The van der Waals surface area contributed by atoms with Crippen LogP contribution in [-0.4, -0.2) is 35.0 Å². The zero-order chi connectivity index (χ0) is 12.6. The molecule has 0 saturated carbocycles. The first kappa shape index (κ1) is 13.2. The minimum atomic E-state index is 0.0125. The summed E-state index contributed by atoms with van der Waals surface area (Å²) in [4.78, 5) is 13.4. The van der Waals surface area contributed by atoms with E-state index >= 15 is 0 Å². The Balaban J connectivity index is 2.82. The number of carbonyl (C=O) groups is 1. The molecule has 0 radical (unpaired) electrons. The van der Waals surface area contributed by atoms with Crippen LogP contribution in [0.1, 0.15) is 40.5 Å². The van der Waals surface area contributed by atoms with Crippen molar-refractivity contribution in [3.8, 4) is 0 Å². The Labute approximate surface area is 98.9 Å². The third kappa shape index (κ3) is 3.08. The number of hydrogen-bond acceptors (Lipinski definition) is 2. The second-order valence-electron chi connectivity index (χ2n) is 6.11. The Bertz CT molecular complexity index is 278. The predicted octanol–water partition coefficient (Wildman–Crippen LogP) is 1.94. The van der Waals surface area contributed by atoms with Gasteiger partial charge < -0.3 is 10.2 Å². The van der Waals surface area contributed by atoms with E-state index in [9.17, 15) is 4.79 Å². The molecule has 1 N–H and O–H groups in total. The van der Waals surface area contributed by atoms with Crippen molar-refractivity contribution in [1.29, 1.82) is 0 Å². The second-order valence-corrected chi connectivity index (χ2v) is 6.11. The molecule has 0 aromatic carbocycles. The lowest BCUT2D eigenvalue weighted by atomic mass is 9.79. The van der Waals surface area contributed by atoms with Crippen LogP contribution >= 0.6 is 0 Å². The van der Waals surface area contributed by atoms with Gasteiger partial charge in [-0.15, -0.1) is 0 Å². The Morgan fingerprint density at radius 3 is 2.12 bits per heavy atom. The highest BCUT2D eigenvalue weighted by Crippen LogP contribution is 2.31. The normalized spacial score (nSPS) is 23.8. The molecule has 0 aliphatic carbocycles. The number of piperidine rings is 1. The Morgan fingerprint density at radius 1 is 1.31 bits per heavy atom. The van der Waals surface area contributed by atoms with E-state index in [2.05, 4.69) is 39.6 Å². The summed E-state index contributed by atoms with van der Waals surface area (Å²) in [6, 6.07) is 0.289. The maximum absolute atomic E-state index is 11.6. The van der Waals surface area contributed by atoms with Gasteiger partial charge in [0.1, 0.15) is 0 Å². The van der Waals surface area contributed by atoms with E-state index in [-0.39, 0.29) is 23.0 Å². The highest BCUT2D eigenvalue weighted by molar-refractivity contribution is 5.87. The quantitative estimate of drug-likeness (QED) is 0.727. The molecular formula is C13H24N2O. The maximum Gasteiger partial charge on any atom is 0.245 e. The van der Waals surface area contributed by atoms with E-state index in [1.165, 1.54) is 6.08 Å². The average Bonchev–Trinajstić information content (AvgIpc) is 2.10. The summed E-state index contributed by atoms with van der Waals surface area (Å²) in [6.07, 6.45) is 3.35. The standard InChI is InChI=1S/C13H24N2O/c1-7-11(16)15(6)10-8-12(2,3)14-13(4,5)9-10/h7,10,14H,1,8-9H2,2-6H3. The fourth-order valence-electron chi connectivity index (χ4n) is 2.87. The third-order valence-electron chi connectivity index (χ3n) is 3.24. The van der Waals surface area contributed by atoms with Gasteiger partial charge in [0.05, 0.1) is 0 Å². The number of hydrogen-bond donors (Lipinski definition) is 1. The molecule has 0 atom stereocenters. The summed E-state index contributed by atoms with van der Waals surface area (Å²) in [6.45, 7) is 12.3. The molecule has 0 spiro atoms. The van der Waals surface area contributed by atoms with Crippen molar-refractivity contribution in [2.24, 2.45) is 0 Å². The summed E-state index contributed by atoms with van der Waals surface area (Å²) < 4.78 is 0. The molecule has 1 rings (SSSR count). The molecule has 0 aromatic heterocycles. The first-order valence-corrected chi connectivity index (χ1v) is 5.85. The number of nitrogens with one attached hydrogen (secondary N) is 1. The van der Waals surface area contributed by atoms with Gasteiger partial charge in [0, 0.05) is 24.2 Å². The number of rotatable bonds is 2. The van der Waals surface area contributed by atoms with Crippen LogP contribution in [0.4, 0.5) is 0 Å². The largest absolute Gasteiger partial charge is 0.339 e. The van der Waals surface area contributed by atoms with Crippen molar-refractivity contribution >= 4 is 5.91 Å². The molecule has 1 saturated heterocycles.